The van der Waals surface area contributed by atoms with Crippen molar-refractivity contribution in [2.75, 3.05) is 40.7 Å². The molecule has 1 unspecified atom stereocenters. The number of carbonyl (C=O) groups excluding carboxylic acids is 1. The third kappa shape index (κ3) is 4.14. The summed E-state index contributed by atoms with van der Waals surface area (Å²) in [6, 6.07) is 11.3. The van der Waals surface area contributed by atoms with Crippen LogP contribution in [0.25, 0.3) is 0 Å². The van der Waals surface area contributed by atoms with Gasteiger partial charge in [0.05, 0.1) is 34.9 Å². The molecule has 7 heteroatoms. The summed E-state index contributed by atoms with van der Waals surface area (Å²) in [5.74, 6) is 3.63. The van der Waals surface area contributed by atoms with E-state index in [9.17, 15) is 4.79 Å². The fourth-order valence-corrected chi connectivity index (χ4v) is 4.54. The van der Waals surface area contributed by atoms with Gasteiger partial charge in [0.1, 0.15) is 16.9 Å². The number of ether oxygens (including phenoxy) is 4. The minimum absolute atomic E-state index is 0.0806. The third-order valence-electron chi connectivity index (χ3n) is 4.73. The van der Waals surface area contributed by atoms with Crippen molar-refractivity contribution in [2.24, 2.45) is 0 Å². The van der Waals surface area contributed by atoms with Crippen LogP contribution >= 0.6 is 11.8 Å². The molecule has 1 heterocycles. The average Bonchev–Trinajstić information content (AvgIpc) is 3.23. The van der Waals surface area contributed by atoms with Gasteiger partial charge in [-0.3, -0.25) is 4.79 Å². The first-order chi connectivity index (χ1) is 13.6. The van der Waals surface area contributed by atoms with E-state index in [1.165, 1.54) is 0 Å². The zero-order valence-electron chi connectivity index (χ0n) is 16.6. The first-order valence-corrected chi connectivity index (χ1v) is 10.00. The fraction of sp³-hybridized carbons (Fsp3) is 0.381. The molecular weight excluding hydrogens is 378 g/mol. The second kappa shape index (κ2) is 9.10. The van der Waals surface area contributed by atoms with E-state index in [1.807, 2.05) is 35.2 Å². The summed E-state index contributed by atoms with van der Waals surface area (Å²) in [5.41, 5.74) is 1.87. The van der Waals surface area contributed by atoms with Crippen molar-refractivity contribution in [3.63, 3.8) is 0 Å². The van der Waals surface area contributed by atoms with E-state index in [0.717, 1.165) is 22.6 Å². The molecule has 1 atom stereocenters. The van der Waals surface area contributed by atoms with E-state index < -0.39 is 0 Å². The Morgan fingerprint density at radius 3 is 2.21 bits per heavy atom. The number of carbonyl (C=O) groups is 1. The van der Waals surface area contributed by atoms with Gasteiger partial charge in [0.2, 0.25) is 5.91 Å². The van der Waals surface area contributed by atoms with E-state index in [4.69, 9.17) is 18.9 Å². The van der Waals surface area contributed by atoms with Gasteiger partial charge in [0.15, 0.2) is 11.5 Å². The van der Waals surface area contributed by atoms with Crippen molar-refractivity contribution < 1.29 is 23.7 Å². The highest BCUT2D eigenvalue weighted by molar-refractivity contribution is 7.99. The summed E-state index contributed by atoms with van der Waals surface area (Å²) < 4.78 is 21.6. The Balaban J connectivity index is 1.84. The van der Waals surface area contributed by atoms with Crippen LogP contribution in [0, 0.1) is 0 Å². The van der Waals surface area contributed by atoms with Crippen molar-refractivity contribution in [3.05, 3.63) is 47.5 Å². The summed E-state index contributed by atoms with van der Waals surface area (Å²) in [5, 5.41) is -0.125. The summed E-state index contributed by atoms with van der Waals surface area (Å²) >= 11 is 1.72. The van der Waals surface area contributed by atoms with Gasteiger partial charge >= 0.3 is 0 Å². The lowest BCUT2D eigenvalue weighted by molar-refractivity contribution is -0.130. The van der Waals surface area contributed by atoms with Crippen LogP contribution in [0.4, 0.5) is 0 Å². The molecule has 28 heavy (non-hydrogen) atoms. The number of benzene rings is 2. The number of hydrogen-bond donors (Lipinski definition) is 0. The van der Waals surface area contributed by atoms with Crippen molar-refractivity contribution in [1.29, 1.82) is 0 Å². The van der Waals surface area contributed by atoms with Crippen molar-refractivity contribution in [3.8, 4) is 23.0 Å². The van der Waals surface area contributed by atoms with E-state index in [-0.39, 0.29) is 11.3 Å². The largest absolute Gasteiger partial charge is 0.497 e. The van der Waals surface area contributed by atoms with Crippen LogP contribution in [0.1, 0.15) is 16.5 Å². The number of thioether (sulfide) groups is 1. The molecule has 0 bridgehead atoms. The number of methoxy groups -OCH3 is 4. The van der Waals surface area contributed by atoms with Gasteiger partial charge in [-0.2, -0.15) is 0 Å². The highest BCUT2D eigenvalue weighted by Crippen LogP contribution is 2.46. The first kappa shape index (κ1) is 20.2. The van der Waals surface area contributed by atoms with Gasteiger partial charge in [-0.25, -0.2) is 0 Å². The zero-order valence-corrected chi connectivity index (χ0v) is 17.4. The second-order valence-corrected chi connectivity index (χ2v) is 7.47. The van der Waals surface area contributed by atoms with Gasteiger partial charge in [-0.1, -0.05) is 12.1 Å². The number of rotatable bonds is 7. The summed E-state index contributed by atoms with van der Waals surface area (Å²) in [7, 11) is 6.44. The molecule has 1 aliphatic rings. The van der Waals surface area contributed by atoms with Crippen molar-refractivity contribution in [2.45, 2.75) is 11.8 Å². The van der Waals surface area contributed by atoms with Gasteiger partial charge in [0, 0.05) is 23.9 Å². The van der Waals surface area contributed by atoms with Gasteiger partial charge in [-0.15, -0.1) is 11.8 Å². The number of nitrogens with zero attached hydrogens (tertiary/aromatic N) is 1. The highest BCUT2D eigenvalue weighted by Gasteiger charge is 2.33. The molecule has 2 aromatic rings. The molecular formula is C21H25NO5S. The Hall–Kier alpha value is -2.54. The molecule has 0 N–H and O–H groups in total. The Morgan fingerprint density at radius 2 is 1.61 bits per heavy atom. The number of amides is 1. The molecule has 0 aliphatic carbocycles. The van der Waals surface area contributed by atoms with Crippen LogP contribution in [0.5, 0.6) is 23.0 Å². The molecule has 150 valence electrons. The molecule has 1 fully saturated rings. The lowest BCUT2D eigenvalue weighted by atomic mass is 10.1. The molecule has 0 radical (unpaired) electrons. The lowest BCUT2D eigenvalue weighted by Gasteiger charge is -2.26. The molecule has 1 aliphatic heterocycles. The van der Waals surface area contributed by atoms with Gasteiger partial charge in [-0.05, 0) is 23.8 Å². The topological polar surface area (TPSA) is 57.2 Å². The van der Waals surface area contributed by atoms with Crippen LogP contribution < -0.4 is 18.9 Å². The molecule has 3 rings (SSSR count). The maximum absolute atomic E-state index is 13.0. The van der Waals surface area contributed by atoms with E-state index in [1.54, 1.807) is 46.3 Å². The Morgan fingerprint density at radius 1 is 0.964 bits per heavy atom. The van der Waals surface area contributed by atoms with Crippen LogP contribution in [-0.2, 0) is 11.2 Å². The molecule has 6 nitrogen and oxygen atoms in total. The molecule has 0 aromatic heterocycles. The second-order valence-electron chi connectivity index (χ2n) is 6.28. The molecule has 0 saturated carbocycles. The first-order valence-electron chi connectivity index (χ1n) is 8.95. The minimum Gasteiger partial charge on any atom is -0.497 e. The maximum atomic E-state index is 13.0. The normalized spacial score (nSPS) is 16.0. The van der Waals surface area contributed by atoms with Gasteiger partial charge < -0.3 is 23.8 Å². The SMILES string of the molecule is COc1ccc(CC(=O)N2CCSC2c2cc(OC)c(OC)cc2OC)cc1. The summed E-state index contributed by atoms with van der Waals surface area (Å²) in [4.78, 5) is 14.9. The predicted octanol–water partition coefficient (Wildman–Crippen LogP) is 3.54. The van der Waals surface area contributed by atoms with Crippen LogP contribution in [0.15, 0.2) is 36.4 Å². The zero-order chi connectivity index (χ0) is 20.1. The highest BCUT2D eigenvalue weighted by atomic mass is 32.2. The molecule has 1 amide bonds. The summed E-state index contributed by atoms with van der Waals surface area (Å²) in [6.07, 6.45) is 0.344. The maximum Gasteiger partial charge on any atom is 0.228 e. The Kier molecular flexibility index (Phi) is 6.57. The average molecular weight is 404 g/mol. The van der Waals surface area contributed by atoms with Crippen LogP contribution in [-0.4, -0.2) is 51.5 Å². The lowest BCUT2D eigenvalue weighted by Crippen LogP contribution is -2.31. The van der Waals surface area contributed by atoms with Crippen LogP contribution in [0.2, 0.25) is 0 Å². The Bertz CT molecular complexity index is 824. The summed E-state index contributed by atoms with van der Waals surface area (Å²) in [6.45, 7) is 0.696. The smallest absolute Gasteiger partial charge is 0.228 e. The standard InChI is InChI=1S/C21H25NO5S/c1-24-15-7-5-14(6-8-15)11-20(23)22-9-10-28-21(22)16-12-18(26-3)19(27-4)13-17(16)25-2/h5-8,12-13,21H,9-11H2,1-4H3. The fourth-order valence-electron chi connectivity index (χ4n) is 3.25. The number of hydrogen-bond acceptors (Lipinski definition) is 6. The monoisotopic (exact) mass is 403 g/mol. The Labute approximate surface area is 169 Å². The predicted molar refractivity (Wildman–Crippen MR) is 110 cm³/mol. The molecule has 1 saturated heterocycles. The van der Waals surface area contributed by atoms with E-state index >= 15 is 0 Å². The molecule has 0 spiro atoms. The quantitative estimate of drug-likeness (QED) is 0.705. The van der Waals surface area contributed by atoms with Crippen molar-refractivity contribution >= 4 is 17.7 Å². The van der Waals surface area contributed by atoms with Crippen molar-refractivity contribution in [1.82, 2.24) is 4.90 Å². The van der Waals surface area contributed by atoms with E-state index in [0.29, 0.717) is 30.2 Å². The third-order valence-corrected chi connectivity index (χ3v) is 5.97. The van der Waals surface area contributed by atoms with Crippen LogP contribution in [0.3, 0.4) is 0 Å². The van der Waals surface area contributed by atoms with E-state index in [2.05, 4.69) is 0 Å². The van der Waals surface area contributed by atoms with Gasteiger partial charge in [0.25, 0.3) is 0 Å². The minimum atomic E-state index is -0.125. The molecule has 2 aromatic carbocycles.